The van der Waals surface area contributed by atoms with Crippen LogP contribution >= 0.6 is 0 Å². The van der Waals surface area contributed by atoms with E-state index in [9.17, 15) is 19.5 Å². The average Bonchev–Trinajstić information content (AvgIpc) is 2.76. The molecule has 0 aromatic carbocycles. The first-order valence-electron chi connectivity index (χ1n) is 12.8. The molecule has 196 valence electrons. The fourth-order valence-corrected chi connectivity index (χ4v) is 5.19. The second-order valence-electron chi connectivity index (χ2n) is 11.7. The molecule has 2 aliphatic rings. The third kappa shape index (κ3) is 10.2. The number of hydrogen-bond acceptors (Lipinski definition) is 5. The summed E-state index contributed by atoms with van der Waals surface area (Å²) in [4.78, 5) is 39.9. The van der Waals surface area contributed by atoms with Gasteiger partial charge in [-0.2, -0.15) is 0 Å². The zero-order valence-corrected chi connectivity index (χ0v) is 21.7. The Morgan fingerprint density at radius 2 is 1.62 bits per heavy atom. The first-order chi connectivity index (χ1) is 15.9. The Bertz CT molecular complexity index is 679. The molecule has 0 aromatic heterocycles. The second-order valence-corrected chi connectivity index (χ2v) is 11.7. The summed E-state index contributed by atoms with van der Waals surface area (Å²) in [6.07, 6.45) is 5.51. The van der Waals surface area contributed by atoms with Gasteiger partial charge in [0.25, 0.3) is 5.91 Å². The summed E-state index contributed by atoms with van der Waals surface area (Å²) in [6.45, 7) is 11.9. The quantitative estimate of drug-likeness (QED) is 0.402. The van der Waals surface area contributed by atoms with Gasteiger partial charge in [0.05, 0.1) is 19.8 Å². The van der Waals surface area contributed by atoms with E-state index in [1.807, 2.05) is 13.8 Å². The van der Waals surface area contributed by atoms with Crippen LogP contribution in [0.25, 0.3) is 0 Å². The van der Waals surface area contributed by atoms with Crippen molar-refractivity contribution < 1.29 is 24.2 Å². The van der Waals surface area contributed by atoms with Gasteiger partial charge < -0.3 is 30.7 Å². The number of amides is 4. The number of urea groups is 1. The lowest BCUT2D eigenvalue weighted by Gasteiger charge is -2.34. The Hall–Kier alpha value is -1.87. The summed E-state index contributed by atoms with van der Waals surface area (Å²) in [6, 6.07) is -0.979. The molecule has 1 aliphatic heterocycles. The first kappa shape index (κ1) is 28.4. The van der Waals surface area contributed by atoms with Crippen molar-refractivity contribution in [2.75, 3.05) is 32.8 Å². The number of rotatable bonds is 9. The molecule has 2 rings (SSSR count). The van der Waals surface area contributed by atoms with E-state index in [0.29, 0.717) is 38.6 Å². The highest BCUT2D eigenvalue weighted by atomic mass is 16.5. The van der Waals surface area contributed by atoms with Gasteiger partial charge in [-0.3, -0.25) is 9.59 Å². The van der Waals surface area contributed by atoms with Gasteiger partial charge in [0.2, 0.25) is 5.91 Å². The normalized spacial score (nSPS) is 19.8. The molecule has 0 aromatic rings. The summed E-state index contributed by atoms with van der Waals surface area (Å²) < 4.78 is 5.31. The molecule has 2 fully saturated rings. The Kier molecular flexibility index (Phi) is 10.6. The van der Waals surface area contributed by atoms with Gasteiger partial charge in [-0.15, -0.1) is 0 Å². The van der Waals surface area contributed by atoms with E-state index in [1.54, 1.807) is 4.90 Å². The lowest BCUT2D eigenvalue weighted by Crippen LogP contribution is -2.56. The zero-order valence-electron chi connectivity index (χ0n) is 21.7. The van der Waals surface area contributed by atoms with Gasteiger partial charge in [-0.25, -0.2) is 4.79 Å². The Morgan fingerprint density at radius 3 is 2.21 bits per heavy atom. The molecule has 34 heavy (non-hydrogen) atoms. The number of hydrogen-bond donors (Lipinski definition) is 4. The van der Waals surface area contributed by atoms with Gasteiger partial charge in [-0.05, 0) is 38.0 Å². The number of aliphatic hydroxyl groups excluding tert-OH is 1. The first-order valence-corrected chi connectivity index (χ1v) is 12.8. The largest absolute Gasteiger partial charge is 0.381 e. The van der Waals surface area contributed by atoms with Crippen LogP contribution in [0.2, 0.25) is 0 Å². The summed E-state index contributed by atoms with van der Waals surface area (Å²) >= 11 is 0. The third-order valence-corrected chi connectivity index (χ3v) is 6.41. The number of carbonyl (C=O) groups is 3. The molecule has 0 radical (unpaired) electrons. The predicted molar refractivity (Wildman–Crippen MR) is 131 cm³/mol. The van der Waals surface area contributed by atoms with Crippen LogP contribution in [-0.4, -0.2) is 78.4 Å². The van der Waals surface area contributed by atoms with Gasteiger partial charge in [0.15, 0.2) is 0 Å². The summed E-state index contributed by atoms with van der Waals surface area (Å²) in [7, 11) is 0. The number of carbonyl (C=O) groups excluding carboxylic acids is 3. The van der Waals surface area contributed by atoms with Crippen LogP contribution in [0.3, 0.4) is 0 Å². The summed E-state index contributed by atoms with van der Waals surface area (Å²) in [5, 5.41) is 18.8. The SMILES string of the molecule is CC(C)(C)CC(C)(C)NC(=O)C(O)CNC(=O)C(CC1CCCCC1)NC(=O)N1CCOCC1. The molecule has 2 unspecified atom stereocenters. The van der Waals surface area contributed by atoms with Crippen molar-refractivity contribution in [2.24, 2.45) is 11.3 Å². The van der Waals surface area contributed by atoms with Gasteiger partial charge in [0, 0.05) is 18.6 Å². The standard InChI is InChI=1S/C25H46N4O5/c1-24(2,3)17-25(4,5)28-22(32)20(30)16-26-21(31)19(15-18-9-7-6-8-10-18)27-23(33)29-11-13-34-14-12-29/h18-20,30H,6-17H2,1-5H3,(H,26,31)(H,27,33)(H,28,32). The maximum absolute atomic E-state index is 13.0. The molecule has 2 atom stereocenters. The van der Waals surface area contributed by atoms with Gasteiger partial charge in [0.1, 0.15) is 12.1 Å². The minimum absolute atomic E-state index is 0.0149. The monoisotopic (exact) mass is 482 g/mol. The molecule has 4 N–H and O–H groups in total. The lowest BCUT2D eigenvalue weighted by atomic mass is 9.81. The van der Waals surface area contributed by atoms with Crippen LogP contribution in [0.4, 0.5) is 4.79 Å². The fourth-order valence-electron chi connectivity index (χ4n) is 5.19. The van der Waals surface area contributed by atoms with Crippen LogP contribution in [0.1, 0.15) is 79.6 Å². The van der Waals surface area contributed by atoms with Crippen molar-refractivity contribution in [1.29, 1.82) is 0 Å². The lowest BCUT2D eigenvalue weighted by molar-refractivity contribution is -0.132. The number of nitrogens with zero attached hydrogens (tertiary/aromatic N) is 1. The highest BCUT2D eigenvalue weighted by Gasteiger charge is 2.31. The number of morpholine rings is 1. The fraction of sp³-hybridized carbons (Fsp3) is 0.880. The molecule has 0 bridgehead atoms. The summed E-state index contributed by atoms with van der Waals surface area (Å²) in [5.74, 6) is -0.510. The summed E-state index contributed by atoms with van der Waals surface area (Å²) in [5.41, 5.74) is -0.475. The van der Waals surface area contributed by atoms with Crippen LogP contribution in [0, 0.1) is 11.3 Å². The highest BCUT2D eigenvalue weighted by Crippen LogP contribution is 2.28. The average molecular weight is 483 g/mol. The number of ether oxygens (including phenoxy) is 1. The van der Waals surface area contributed by atoms with Crippen LogP contribution in [0.15, 0.2) is 0 Å². The molecule has 1 aliphatic carbocycles. The van der Waals surface area contributed by atoms with Gasteiger partial charge >= 0.3 is 6.03 Å². The van der Waals surface area contributed by atoms with Crippen molar-refractivity contribution in [1.82, 2.24) is 20.9 Å². The van der Waals surface area contributed by atoms with E-state index in [0.717, 1.165) is 32.1 Å². The van der Waals surface area contributed by atoms with Crippen molar-refractivity contribution in [2.45, 2.75) is 97.2 Å². The Labute approximate surface area is 204 Å². The van der Waals surface area contributed by atoms with E-state index >= 15 is 0 Å². The van der Waals surface area contributed by atoms with E-state index < -0.39 is 23.6 Å². The van der Waals surface area contributed by atoms with E-state index in [2.05, 4.69) is 36.7 Å². The molecular weight excluding hydrogens is 436 g/mol. The number of aliphatic hydroxyl groups is 1. The van der Waals surface area contributed by atoms with Crippen molar-refractivity contribution in [3.63, 3.8) is 0 Å². The molecule has 9 heteroatoms. The molecule has 9 nitrogen and oxygen atoms in total. The predicted octanol–water partition coefficient (Wildman–Crippen LogP) is 2.18. The molecule has 1 heterocycles. The maximum Gasteiger partial charge on any atom is 0.318 e. The molecule has 0 spiro atoms. The molecular formula is C25H46N4O5. The Balaban J connectivity index is 1.92. The van der Waals surface area contributed by atoms with E-state index in [4.69, 9.17) is 4.74 Å². The number of nitrogens with one attached hydrogen (secondary N) is 3. The van der Waals surface area contributed by atoms with Crippen LogP contribution < -0.4 is 16.0 Å². The van der Waals surface area contributed by atoms with Crippen molar-refractivity contribution in [3.05, 3.63) is 0 Å². The zero-order chi connectivity index (χ0) is 25.4. The molecule has 1 saturated carbocycles. The maximum atomic E-state index is 13.0. The Morgan fingerprint density at radius 1 is 1.00 bits per heavy atom. The van der Waals surface area contributed by atoms with Crippen molar-refractivity contribution in [3.8, 4) is 0 Å². The van der Waals surface area contributed by atoms with Gasteiger partial charge in [-0.1, -0.05) is 52.9 Å². The van der Waals surface area contributed by atoms with Crippen LogP contribution in [0.5, 0.6) is 0 Å². The highest BCUT2D eigenvalue weighted by molar-refractivity contribution is 5.88. The van der Waals surface area contributed by atoms with E-state index in [-0.39, 0.29) is 23.9 Å². The molecule has 4 amide bonds. The third-order valence-electron chi connectivity index (χ3n) is 6.41. The molecule has 1 saturated heterocycles. The second kappa shape index (κ2) is 12.7. The van der Waals surface area contributed by atoms with Crippen molar-refractivity contribution >= 4 is 17.8 Å². The topological polar surface area (TPSA) is 120 Å². The van der Waals surface area contributed by atoms with E-state index in [1.165, 1.54) is 6.42 Å². The smallest absolute Gasteiger partial charge is 0.318 e. The minimum Gasteiger partial charge on any atom is -0.381 e. The van der Waals surface area contributed by atoms with Crippen LogP contribution in [-0.2, 0) is 14.3 Å². The minimum atomic E-state index is -1.37.